The van der Waals surface area contributed by atoms with Gasteiger partial charge in [-0.3, -0.25) is 0 Å². The van der Waals surface area contributed by atoms with Gasteiger partial charge in [-0.25, -0.2) is 0 Å². The lowest BCUT2D eigenvalue weighted by Gasteiger charge is -1.99. The van der Waals surface area contributed by atoms with E-state index in [1.165, 1.54) is 0 Å². The molecule has 74 valence electrons. The van der Waals surface area contributed by atoms with Crippen LogP contribution in [0.5, 0.6) is 5.75 Å². The number of hydrogen-bond donors (Lipinski definition) is 2. The number of phenolic OH excluding ortho intramolecular Hbond substituents is 1. The van der Waals surface area contributed by atoms with Gasteiger partial charge in [0.1, 0.15) is 5.75 Å². The molecule has 0 bridgehead atoms. The molecule has 0 unspecified atom stereocenters. The molecule has 0 atom stereocenters. The highest BCUT2D eigenvalue weighted by molar-refractivity contribution is 7.80. The third-order valence-electron chi connectivity index (χ3n) is 2.14. The topological polar surface area (TPSA) is 20.2 Å². The summed E-state index contributed by atoms with van der Waals surface area (Å²) in [7, 11) is 0. The van der Waals surface area contributed by atoms with E-state index in [-0.39, 0.29) is 5.75 Å². The van der Waals surface area contributed by atoms with Crippen LogP contribution in [0.2, 0.25) is 0 Å². The molecule has 0 aliphatic carbocycles. The van der Waals surface area contributed by atoms with Crippen molar-refractivity contribution in [1.82, 2.24) is 0 Å². The van der Waals surface area contributed by atoms with E-state index in [0.717, 1.165) is 16.3 Å². The van der Waals surface area contributed by atoms with E-state index in [1.54, 1.807) is 12.1 Å². The van der Waals surface area contributed by atoms with Crippen molar-refractivity contribution in [2.24, 2.45) is 0 Å². The van der Waals surface area contributed by atoms with Crippen molar-refractivity contribution in [3.8, 4) is 17.6 Å². The average Bonchev–Trinajstić information content (AvgIpc) is 2.26. The summed E-state index contributed by atoms with van der Waals surface area (Å²) in [5.41, 5.74) is 0.974. The van der Waals surface area contributed by atoms with Crippen LogP contribution in [0, 0.1) is 11.8 Å². The molecule has 0 radical (unpaired) electrons. The second-order valence-electron chi connectivity index (χ2n) is 3.21. The van der Waals surface area contributed by atoms with Gasteiger partial charge in [-0.2, -0.15) is 12.6 Å². The van der Waals surface area contributed by atoms with Gasteiger partial charge < -0.3 is 5.11 Å². The predicted octanol–water partition coefficient (Wildman–Crippen LogP) is 2.83. The summed E-state index contributed by atoms with van der Waals surface area (Å²) in [4.78, 5) is 0. The number of thiol groups is 1. The first kappa shape index (κ1) is 9.95. The number of rotatable bonds is 0. The van der Waals surface area contributed by atoms with Gasteiger partial charge in [0, 0.05) is 5.56 Å². The van der Waals surface area contributed by atoms with E-state index in [1.807, 2.05) is 24.3 Å². The zero-order valence-corrected chi connectivity index (χ0v) is 8.96. The highest BCUT2D eigenvalue weighted by Gasteiger charge is 1.95. The number of benzene rings is 2. The van der Waals surface area contributed by atoms with Crippen molar-refractivity contribution in [1.29, 1.82) is 0 Å². The van der Waals surface area contributed by atoms with Gasteiger partial charge >= 0.3 is 0 Å². The van der Waals surface area contributed by atoms with Gasteiger partial charge in [0.25, 0.3) is 0 Å². The van der Waals surface area contributed by atoms with Crippen LogP contribution >= 0.6 is 12.6 Å². The van der Waals surface area contributed by atoms with Gasteiger partial charge in [-0.1, -0.05) is 24.0 Å². The van der Waals surface area contributed by atoms with E-state index in [9.17, 15) is 5.11 Å². The quantitative estimate of drug-likeness (QED) is 0.510. The SMILES string of the molecule is Oc1ccc2cc(C#CCS)ccc2c1. The van der Waals surface area contributed by atoms with Crippen LogP contribution in [0.3, 0.4) is 0 Å². The molecule has 15 heavy (non-hydrogen) atoms. The zero-order chi connectivity index (χ0) is 10.7. The van der Waals surface area contributed by atoms with Crippen molar-refractivity contribution in [2.75, 3.05) is 5.75 Å². The average molecular weight is 214 g/mol. The van der Waals surface area contributed by atoms with Crippen LogP contribution in [0.15, 0.2) is 36.4 Å². The monoisotopic (exact) mass is 214 g/mol. The molecule has 0 aliphatic heterocycles. The van der Waals surface area contributed by atoms with Crippen LogP contribution in [0.25, 0.3) is 10.8 Å². The summed E-state index contributed by atoms with van der Waals surface area (Å²) in [5.74, 6) is 6.77. The van der Waals surface area contributed by atoms with Crippen LogP contribution in [-0.2, 0) is 0 Å². The van der Waals surface area contributed by atoms with E-state index in [2.05, 4.69) is 24.5 Å². The first-order valence-corrected chi connectivity index (χ1v) is 5.25. The number of fused-ring (bicyclic) bond motifs is 1. The standard InChI is InChI=1S/C13H10OS/c14-13-6-5-11-8-10(2-1-7-15)3-4-12(11)9-13/h3-6,8-9,14-15H,7H2. The molecule has 0 aromatic heterocycles. The largest absolute Gasteiger partial charge is 0.508 e. The molecular formula is C13H10OS. The first-order valence-electron chi connectivity index (χ1n) is 4.62. The minimum Gasteiger partial charge on any atom is -0.508 e. The highest BCUT2D eigenvalue weighted by atomic mass is 32.1. The lowest BCUT2D eigenvalue weighted by atomic mass is 10.1. The molecule has 1 nitrogen and oxygen atoms in total. The summed E-state index contributed by atoms with van der Waals surface area (Å²) in [6, 6.07) is 11.2. The first-order chi connectivity index (χ1) is 7.29. The van der Waals surface area contributed by atoms with Gasteiger partial charge in [0.15, 0.2) is 0 Å². The second kappa shape index (κ2) is 4.29. The third kappa shape index (κ3) is 2.26. The Morgan fingerprint density at radius 2 is 1.80 bits per heavy atom. The molecule has 2 rings (SSSR count). The summed E-state index contributed by atoms with van der Waals surface area (Å²) in [6.07, 6.45) is 0. The molecule has 0 amide bonds. The molecule has 2 aromatic carbocycles. The Hall–Kier alpha value is -1.59. The van der Waals surface area contributed by atoms with Crippen molar-refractivity contribution in [3.05, 3.63) is 42.0 Å². The zero-order valence-electron chi connectivity index (χ0n) is 8.07. The number of aromatic hydroxyl groups is 1. The van der Waals surface area contributed by atoms with Gasteiger partial charge in [-0.05, 0) is 35.0 Å². The van der Waals surface area contributed by atoms with E-state index in [0.29, 0.717) is 5.75 Å². The van der Waals surface area contributed by atoms with Crippen LogP contribution < -0.4 is 0 Å². The Labute approximate surface area is 94.2 Å². The smallest absolute Gasteiger partial charge is 0.116 e. The summed E-state index contributed by atoms with van der Waals surface area (Å²) >= 11 is 4.03. The maximum absolute atomic E-state index is 9.30. The lowest BCUT2D eigenvalue weighted by molar-refractivity contribution is 0.476. The molecule has 2 aromatic rings. The van der Waals surface area contributed by atoms with E-state index < -0.39 is 0 Å². The fraction of sp³-hybridized carbons (Fsp3) is 0.0769. The lowest BCUT2D eigenvalue weighted by Crippen LogP contribution is -1.77. The predicted molar refractivity (Wildman–Crippen MR) is 66.3 cm³/mol. The minimum atomic E-state index is 0.289. The molecule has 0 spiro atoms. The number of phenols is 1. The Bertz CT molecular complexity index is 549. The molecular weight excluding hydrogens is 204 g/mol. The summed E-state index contributed by atoms with van der Waals surface area (Å²) in [5, 5.41) is 11.4. The minimum absolute atomic E-state index is 0.289. The van der Waals surface area contributed by atoms with Crippen molar-refractivity contribution in [2.45, 2.75) is 0 Å². The number of hydrogen-bond acceptors (Lipinski definition) is 2. The fourth-order valence-electron chi connectivity index (χ4n) is 1.45. The highest BCUT2D eigenvalue weighted by Crippen LogP contribution is 2.20. The molecule has 0 aliphatic rings. The fourth-order valence-corrected chi connectivity index (χ4v) is 1.53. The molecule has 2 heteroatoms. The van der Waals surface area contributed by atoms with Crippen molar-refractivity contribution >= 4 is 23.4 Å². The maximum Gasteiger partial charge on any atom is 0.116 e. The van der Waals surface area contributed by atoms with Crippen molar-refractivity contribution < 1.29 is 5.11 Å². The maximum atomic E-state index is 9.30. The Kier molecular flexibility index (Phi) is 2.84. The second-order valence-corrected chi connectivity index (χ2v) is 3.52. The molecule has 0 fully saturated rings. The van der Waals surface area contributed by atoms with Crippen LogP contribution in [0.4, 0.5) is 0 Å². The van der Waals surface area contributed by atoms with Gasteiger partial charge in [0.2, 0.25) is 0 Å². The molecule has 0 saturated carbocycles. The van der Waals surface area contributed by atoms with Crippen LogP contribution in [-0.4, -0.2) is 10.9 Å². The van der Waals surface area contributed by atoms with Crippen molar-refractivity contribution in [3.63, 3.8) is 0 Å². The van der Waals surface area contributed by atoms with Gasteiger partial charge in [-0.15, -0.1) is 0 Å². The van der Waals surface area contributed by atoms with Crippen LogP contribution in [0.1, 0.15) is 5.56 Å². The Morgan fingerprint density at radius 3 is 2.60 bits per heavy atom. The molecule has 0 saturated heterocycles. The summed E-state index contributed by atoms with van der Waals surface area (Å²) in [6.45, 7) is 0. The Balaban J connectivity index is 2.52. The third-order valence-corrected chi connectivity index (χ3v) is 2.29. The van der Waals surface area contributed by atoms with E-state index in [4.69, 9.17) is 0 Å². The molecule has 1 N–H and O–H groups in total. The normalized spacial score (nSPS) is 9.67. The van der Waals surface area contributed by atoms with E-state index >= 15 is 0 Å². The summed E-state index contributed by atoms with van der Waals surface area (Å²) < 4.78 is 0. The Morgan fingerprint density at radius 1 is 1.07 bits per heavy atom. The molecule has 0 heterocycles. The van der Waals surface area contributed by atoms with Gasteiger partial charge in [0.05, 0.1) is 5.75 Å².